The fraction of sp³-hybridized carbons (Fsp3) is 0.400. The van der Waals surface area contributed by atoms with Crippen LogP contribution in [-0.2, 0) is 6.54 Å². The zero-order valence-corrected chi connectivity index (χ0v) is 13.1. The topological polar surface area (TPSA) is 80.9 Å². The lowest BCUT2D eigenvalue weighted by Gasteiger charge is -2.10. The highest BCUT2D eigenvalue weighted by molar-refractivity contribution is 7.09. The van der Waals surface area contributed by atoms with Crippen molar-refractivity contribution in [1.82, 2.24) is 15.3 Å². The fourth-order valence-electron chi connectivity index (χ4n) is 1.95. The Balaban J connectivity index is 1.93. The first-order valence-corrected chi connectivity index (χ1v) is 7.82. The first-order chi connectivity index (χ1) is 10.1. The van der Waals surface area contributed by atoms with Crippen molar-refractivity contribution >= 4 is 17.2 Å². The summed E-state index contributed by atoms with van der Waals surface area (Å²) in [6.07, 6.45) is 4.30. The number of hydrogen-bond acceptors (Lipinski definition) is 5. The smallest absolute Gasteiger partial charge is 0.271 e. The summed E-state index contributed by atoms with van der Waals surface area (Å²) in [6, 6.07) is 3.65. The summed E-state index contributed by atoms with van der Waals surface area (Å²) in [5, 5.41) is 5.41. The van der Waals surface area contributed by atoms with Crippen LogP contribution < -0.4 is 11.1 Å². The van der Waals surface area contributed by atoms with Crippen molar-refractivity contribution in [2.45, 2.75) is 32.9 Å². The van der Waals surface area contributed by atoms with Crippen molar-refractivity contribution in [3.8, 4) is 0 Å². The van der Waals surface area contributed by atoms with Gasteiger partial charge in [0.25, 0.3) is 5.91 Å². The lowest BCUT2D eigenvalue weighted by atomic mass is 10.1. The molecule has 1 unspecified atom stereocenters. The molecule has 2 heterocycles. The van der Waals surface area contributed by atoms with Crippen LogP contribution in [0.2, 0.25) is 0 Å². The molecule has 2 aromatic rings. The van der Waals surface area contributed by atoms with E-state index in [-0.39, 0.29) is 11.9 Å². The third-order valence-corrected chi connectivity index (χ3v) is 3.95. The molecule has 112 valence electrons. The van der Waals surface area contributed by atoms with E-state index in [9.17, 15) is 4.79 Å². The molecule has 1 amide bonds. The predicted octanol–water partition coefficient (Wildman–Crippen LogP) is 2.51. The number of hydrogen-bond donors (Lipinski definition) is 2. The molecule has 0 aliphatic carbocycles. The molecule has 0 aliphatic heterocycles. The molecular weight excluding hydrogens is 284 g/mol. The van der Waals surface area contributed by atoms with Crippen LogP contribution in [0, 0.1) is 5.92 Å². The number of nitrogens with two attached hydrogens (primary N) is 1. The standard InChI is InChI=1S/C15H20N4OS/c1-10(2)6-12(16)15-19-13(9-21-15)14(20)18-8-11-4-3-5-17-7-11/h3-5,7,9-10,12H,6,8,16H2,1-2H3,(H,18,20). The molecule has 2 rings (SSSR count). The summed E-state index contributed by atoms with van der Waals surface area (Å²) < 4.78 is 0. The number of thiazole rings is 1. The van der Waals surface area contributed by atoms with Crippen LogP contribution in [0.4, 0.5) is 0 Å². The minimum absolute atomic E-state index is 0.102. The van der Waals surface area contributed by atoms with Crippen molar-refractivity contribution in [1.29, 1.82) is 0 Å². The van der Waals surface area contributed by atoms with E-state index in [2.05, 4.69) is 29.1 Å². The van der Waals surface area contributed by atoms with E-state index in [1.165, 1.54) is 11.3 Å². The molecule has 0 fully saturated rings. The Hall–Kier alpha value is -1.79. The SMILES string of the molecule is CC(C)CC(N)c1nc(C(=O)NCc2cccnc2)cs1. The van der Waals surface area contributed by atoms with E-state index in [4.69, 9.17) is 5.73 Å². The maximum Gasteiger partial charge on any atom is 0.271 e. The number of nitrogens with one attached hydrogen (secondary N) is 1. The highest BCUT2D eigenvalue weighted by Gasteiger charge is 2.16. The average molecular weight is 304 g/mol. The number of carbonyl (C=O) groups excluding carboxylic acids is 1. The first-order valence-electron chi connectivity index (χ1n) is 6.94. The summed E-state index contributed by atoms with van der Waals surface area (Å²) in [7, 11) is 0. The molecule has 0 aromatic carbocycles. The lowest BCUT2D eigenvalue weighted by Crippen LogP contribution is -2.23. The van der Waals surface area contributed by atoms with Gasteiger partial charge in [0.15, 0.2) is 0 Å². The van der Waals surface area contributed by atoms with Crippen LogP contribution in [0.1, 0.15) is 47.4 Å². The Morgan fingerprint density at radius 2 is 2.29 bits per heavy atom. The van der Waals surface area contributed by atoms with Gasteiger partial charge < -0.3 is 11.1 Å². The van der Waals surface area contributed by atoms with Crippen LogP contribution in [0.5, 0.6) is 0 Å². The number of carbonyl (C=O) groups is 1. The van der Waals surface area contributed by atoms with Gasteiger partial charge >= 0.3 is 0 Å². The number of aromatic nitrogens is 2. The maximum atomic E-state index is 12.0. The van der Waals surface area contributed by atoms with Crippen LogP contribution in [0.3, 0.4) is 0 Å². The first kappa shape index (κ1) is 15.6. The van der Waals surface area contributed by atoms with E-state index in [0.717, 1.165) is 17.0 Å². The number of rotatable bonds is 6. The molecule has 0 saturated carbocycles. The summed E-state index contributed by atoms with van der Waals surface area (Å²) in [6.45, 7) is 4.68. The monoisotopic (exact) mass is 304 g/mol. The van der Waals surface area contributed by atoms with E-state index in [0.29, 0.717) is 18.2 Å². The van der Waals surface area contributed by atoms with E-state index >= 15 is 0 Å². The summed E-state index contributed by atoms with van der Waals surface area (Å²) in [5.74, 6) is 0.324. The minimum atomic E-state index is -0.182. The molecule has 21 heavy (non-hydrogen) atoms. The molecule has 1 atom stereocenters. The van der Waals surface area contributed by atoms with Crippen LogP contribution in [-0.4, -0.2) is 15.9 Å². The third kappa shape index (κ3) is 4.61. The molecule has 0 bridgehead atoms. The van der Waals surface area contributed by atoms with E-state index in [1.54, 1.807) is 17.8 Å². The van der Waals surface area contributed by atoms with Crippen molar-refractivity contribution in [2.75, 3.05) is 0 Å². The second-order valence-corrected chi connectivity index (χ2v) is 6.24. The van der Waals surface area contributed by atoms with Gasteiger partial charge in [-0.05, 0) is 24.0 Å². The third-order valence-electron chi connectivity index (χ3n) is 2.97. The molecule has 0 aliphatic rings. The van der Waals surface area contributed by atoms with Gasteiger partial charge in [-0.1, -0.05) is 19.9 Å². The largest absolute Gasteiger partial charge is 0.347 e. The Labute approximate surface area is 128 Å². The van der Waals surface area contributed by atoms with E-state index in [1.807, 2.05) is 12.1 Å². The molecule has 2 aromatic heterocycles. The highest BCUT2D eigenvalue weighted by Crippen LogP contribution is 2.22. The van der Waals surface area contributed by atoms with Gasteiger partial charge in [0, 0.05) is 24.3 Å². The molecule has 0 spiro atoms. The average Bonchev–Trinajstić information content (AvgIpc) is 2.95. The molecular formula is C15H20N4OS. The van der Waals surface area contributed by atoms with Crippen LogP contribution in [0.25, 0.3) is 0 Å². The molecule has 3 N–H and O–H groups in total. The molecule has 5 nitrogen and oxygen atoms in total. The number of pyridine rings is 1. The number of nitrogens with zero attached hydrogens (tertiary/aromatic N) is 2. The Morgan fingerprint density at radius 3 is 2.95 bits per heavy atom. The zero-order chi connectivity index (χ0) is 15.2. The Bertz CT molecular complexity index is 582. The number of amides is 1. The van der Waals surface area contributed by atoms with Crippen molar-refractivity contribution in [2.24, 2.45) is 11.7 Å². The Kier molecular flexibility index (Phi) is 5.41. The Morgan fingerprint density at radius 1 is 1.48 bits per heavy atom. The van der Waals surface area contributed by atoms with Gasteiger partial charge in [-0.3, -0.25) is 9.78 Å². The maximum absolute atomic E-state index is 12.0. The second-order valence-electron chi connectivity index (χ2n) is 5.35. The van der Waals surface area contributed by atoms with Gasteiger partial charge in [-0.25, -0.2) is 4.98 Å². The van der Waals surface area contributed by atoms with Gasteiger partial charge in [-0.15, -0.1) is 11.3 Å². The van der Waals surface area contributed by atoms with Crippen LogP contribution in [0.15, 0.2) is 29.9 Å². The zero-order valence-electron chi connectivity index (χ0n) is 12.2. The summed E-state index contributed by atoms with van der Waals surface area (Å²) >= 11 is 1.44. The van der Waals surface area contributed by atoms with Gasteiger partial charge in [0.1, 0.15) is 10.7 Å². The quantitative estimate of drug-likeness (QED) is 0.859. The normalized spacial score (nSPS) is 12.4. The summed E-state index contributed by atoms with van der Waals surface area (Å²) in [5.41, 5.74) is 7.47. The van der Waals surface area contributed by atoms with Gasteiger partial charge in [0.05, 0.1) is 6.04 Å². The minimum Gasteiger partial charge on any atom is -0.347 e. The van der Waals surface area contributed by atoms with Gasteiger partial charge in [-0.2, -0.15) is 0 Å². The van der Waals surface area contributed by atoms with E-state index < -0.39 is 0 Å². The molecule has 0 saturated heterocycles. The fourth-order valence-corrected chi connectivity index (χ4v) is 2.76. The highest BCUT2D eigenvalue weighted by atomic mass is 32.1. The lowest BCUT2D eigenvalue weighted by molar-refractivity contribution is 0.0946. The van der Waals surface area contributed by atoms with Gasteiger partial charge in [0.2, 0.25) is 0 Å². The second kappa shape index (κ2) is 7.28. The predicted molar refractivity (Wildman–Crippen MR) is 83.9 cm³/mol. The molecule has 6 heteroatoms. The van der Waals surface area contributed by atoms with Crippen LogP contribution >= 0.6 is 11.3 Å². The van der Waals surface area contributed by atoms with Crippen molar-refractivity contribution in [3.63, 3.8) is 0 Å². The van der Waals surface area contributed by atoms with Crippen molar-refractivity contribution in [3.05, 3.63) is 46.2 Å². The molecule has 0 radical (unpaired) electrons. The van der Waals surface area contributed by atoms with Crippen molar-refractivity contribution < 1.29 is 4.79 Å². The summed E-state index contributed by atoms with van der Waals surface area (Å²) in [4.78, 5) is 20.4.